The summed E-state index contributed by atoms with van der Waals surface area (Å²) in [5.74, 6) is 1.09. The molecule has 0 fully saturated rings. The van der Waals surface area contributed by atoms with Crippen LogP contribution in [0.25, 0.3) is 0 Å². The van der Waals surface area contributed by atoms with Crippen LogP contribution in [0.2, 0.25) is 0 Å². The first kappa shape index (κ1) is 14.3. The number of aromatic nitrogens is 1. The number of hydrogen-bond donors (Lipinski definition) is 1. The molecule has 0 spiro atoms. The van der Waals surface area contributed by atoms with E-state index in [9.17, 15) is 5.11 Å². The van der Waals surface area contributed by atoms with Crippen LogP contribution >= 0.6 is 0 Å². The fraction of sp³-hybridized carbons (Fsp3) is 0.312. The second-order valence-corrected chi connectivity index (χ2v) is 4.70. The molecule has 1 N–H and O–H groups in total. The zero-order valence-electron chi connectivity index (χ0n) is 12.2. The summed E-state index contributed by atoms with van der Waals surface area (Å²) >= 11 is 0. The fourth-order valence-corrected chi connectivity index (χ4v) is 2.40. The van der Waals surface area contributed by atoms with E-state index in [2.05, 4.69) is 4.98 Å². The number of pyridine rings is 1. The van der Waals surface area contributed by atoms with Gasteiger partial charge in [0.2, 0.25) is 5.88 Å². The van der Waals surface area contributed by atoms with Gasteiger partial charge in [-0.2, -0.15) is 0 Å². The number of rotatable bonds is 4. The van der Waals surface area contributed by atoms with E-state index in [1.165, 1.54) is 7.11 Å². The first-order valence-electron chi connectivity index (χ1n) is 6.40. The Morgan fingerprint density at radius 1 is 1.15 bits per heavy atom. The SMILES string of the molecule is COc1cc(C)cc(C)c1C(O)c1cccnc1OC. The highest BCUT2D eigenvalue weighted by Crippen LogP contribution is 2.36. The fourth-order valence-electron chi connectivity index (χ4n) is 2.40. The van der Waals surface area contributed by atoms with Gasteiger partial charge in [0.15, 0.2) is 0 Å². The van der Waals surface area contributed by atoms with Crippen molar-refractivity contribution in [3.05, 3.63) is 52.7 Å². The van der Waals surface area contributed by atoms with Crippen molar-refractivity contribution in [3.8, 4) is 11.6 Å². The number of aliphatic hydroxyl groups is 1. The molecule has 0 saturated carbocycles. The van der Waals surface area contributed by atoms with E-state index < -0.39 is 6.10 Å². The van der Waals surface area contributed by atoms with Crippen LogP contribution in [-0.2, 0) is 0 Å². The van der Waals surface area contributed by atoms with Gasteiger partial charge in [-0.1, -0.05) is 6.07 Å². The molecular weight excluding hydrogens is 254 g/mol. The molecule has 4 nitrogen and oxygen atoms in total. The lowest BCUT2D eigenvalue weighted by Gasteiger charge is -2.19. The number of ether oxygens (including phenoxy) is 2. The number of hydrogen-bond acceptors (Lipinski definition) is 4. The lowest BCUT2D eigenvalue weighted by Crippen LogP contribution is -2.07. The maximum atomic E-state index is 10.7. The van der Waals surface area contributed by atoms with Crippen molar-refractivity contribution in [3.63, 3.8) is 0 Å². The van der Waals surface area contributed by atoms with E-state index in [1.54, 1.807) is 25.4 Å². The van der Waals surface area contributed by atoms with Crippen LogP contribution < -0.4 is 9.47 Å². The Bertz CT molecular complexity index is 611. The van der Waals surface area contributed by atoms with Crippen LogP contribution in [0.1, 0.15) is 28.4 Å². The van der Waals surface area contributed by atoms with Crippen molar-refractivity contribution in [2.24, 2.45) is 0 Å². The minimum Gasteiger partial charge on any atom is -0.496 e. The zero-order valence-corrected chi connectivity index (χ0v) is 12.2. The molecule has 0 bridgehead atoms. The molecule has 0 amide bonds. The maximum Gasteiger partial charge on any atom is 0.219 e. The topological polar surface area (TPSA) is 51.6 Å². The third-order valence-electron chi connectivity index (χ3n) is 3.28. The molecule has 20 heavy (non-hydrogen) atoms. The van der Waals surface area contributed by atoms with Crippen LogP contribution in [0.3, 0.4) is 0 Å². The van der Waals surface area contributed by atoms with E-state index in [0.29, 0.717) is 17.2 Å². The highest BCUT2D eigenvalue weighted by atomic mass is 16.5. The molecule has 0 saturated heterocycles. The van der Waals surface area contributed by atoms with E-state index >= 15 is 0 Å². The molecule has 2 rings (SSSR count). The van der Waals surface area contributed by atoms with Crippen molar-refractivity contribution >= 4 is 0 Å². The standard InChI is InChI=1S/C16H19NO3/c1-10-8-11(2)14(13(9-10)19-3)15(18)12-6-5-7-17-16(12)20-4/h5-9,15,18H,1-4H3. The van der Waals surface area contributed by atoms with Crippen LogP contribution in [0.15, 0.2) is 30.5 Å². The third-order valence-corrected chi connectivity index (χ3v) is 3.28. The van der Waals surface area contributed by atoms with Crippen LogP contribution in [0.5, 0.6) is 11.6 Å². The van der Waals surface area contributed by atoms with E-state index in [1.807, 2.05) is 26.0 Å². The first-order chi connectivity index (χ1) is 9.58. The molecule has 0 radical (unpaired) electrons. The second-order valence-electron chi connectivity index (χ2n) is 4.70. The summed E-state index contributed by atoms with van der Waals surface area (Å²) in [6, 6.07) is 7.50. The minimum atomic E-state index is -0.839. The second kappa shape index (κ2) is 5.92. The van der Waals surface area contributed by atoms with Gasteiger partial charge in [-0.15, -0.1) is 0 Å². The molecule has 0 aliphatic heterocycles. The summed E-state index contributed by atoms with van der Waals surface area (Å²) in [6.45, 7) is 3.95. The number of nitrogens with zero attached hydrogens (tertiary/aromatic N) is 1. The van der Waals surface area contributed by atoms with E-state index in [4.69, 9.17) is 9.47 Å². The summed E-state index contributed by atoms with van der Waals surface area (Å²) in [5.41, 5.74) is 3.43. The molecule has 1 aromatic heterocycles. The Morgan fingerprint density at radius 3 is 2.55 bits per heavy atom. The lowest BCUT2D eigenvalue weighted by atomic mass is 9.95. The van der Waals surface area contributed by atoms with Gasteiger partial charge < -0.3 is 14.6 Å². The third kappa shape index (κ3) is 2.60. The molecule has 106 valence electrons. The average Bonchev–Trinajstić information content (AvgIpc) is 2.45. The van der Waals surface area contributed by atoms with Crippen molar-refractivity contribution in [2.75, 3.05) is 14.2 Å². The molecule has 0 aliphatic carbocycles. The molecule has 2 aromatic rings. The van der Waals surface area contributed by atoms with Gasteiger partial charge in [-0.3, -0.25) is 0 Å². The molecule has 1 unspecified atom stereocenters. The average molecular weight is 273 g/mol. The Labute approximate surface area is 119 Å². The van der Waals surface area contributed by atoms with Gasteiger partial charge in [0.1, 0.15) is 11.9 Å². The highest BCUT2D eigenvalue weighted by Gasteiger charge is 2.22. The summed E-state index contributed by atoms with van der Waals surface area (Å²) in [4.78, 5) is 4.12. The van der Waals surface area contributed by atoms with Crippen molar-refractivity contribution < 1.29 is 14.6 Å². The van der Waals surface area contributed by atoms with E-state index in [-0.39, 0.29) is 0 Å². The summed E-state index contributed by atoms with van der Waals surface area (Å²) < 4.78 is 10.6. The minimum absolute atomic E-state index is 0.419. The summed E-state index contributed by atoms with van der Waals surface area (Å²) in [7, 11) is 3.14. The Balaban J connectivity index is 2.56. The van der Waals surface area contributed by atoms with Crippen molar-refractivity contribution in [1.82, 2.24) is 4.98 Å². The van der Waals surface area contributed by atoms with Gasteiger partial charge in [0.05, 0.1) is 14.2 Å². The molecule has 0 aliphatic rings. The van der Waals surface area contributed by atoms with Crippen molar-refractivity contribution in [2.45, 2.75) is 20.0 Å². The maximum absolute atomic E-state index is 10.7. The Kier molecular flexibility index (Phi) is 4.25. The molecular formula is C16H19NO3. The molecule has 1 aromatic carbocycles. The number of aryl methyl sites for hydroxylation is 2. The van der Waals surface area contributed by atoms with Crippen LogP contribution in [-0.4, -0.2) is 24.3 Å². The van der Waals surface area contributed by atoms with Gasteiger partial charge >= 0.3 is 0 Å². The molecule has 1 atom stereocenters. The van der Waals surface area contributed by atoms with Gasteiger partial charge in [0.25, 0.3) is 0 Å². The lowest BCUT2D eigenvalue weighted by molar-refractivity contribution is 0.207. The van der Waals surface area contributed by atoms with E-state index in [0.717, 1.165) is 16.7 Å². The Hall–Kier alpha value is -2.07. The molecule has 4 heteroatoms. The van der Waals surface area contributed by atoms with Crippen molar-refractivity contribution in [1.29, 1.82) is 0 Å². The Morgan fingerprint density at radius 2 is 1.90 bits per heavy atom. The molecule has 1 heterocycles. The number of aliphatic hydroxyl groups excluding tert-OH is 1. The predicted molar refractivity (Wildman–Crippen MR) is 77.3 cm³/mol. The summed E-state index contributed by atoms with van der Waals surface area (Å²) in [6.07, 6.45) is 0.795. The first-order valence-corrected chi connectivity index (χ1v) is 6.40. The number of methoxy groups -OCH3 is 2. The van der Waals surface area contributed by atoms with Gasteiger partial charge in [-0.25, -0.2) is 4.98 Å². The number of benzene rings is 1. The highest BCUT2D eigenvalue weighted by molar-refractivity contribution is 5.49. The van der Waals surface area contributed by atoms with Gasteiger partial charge in [-0.05, 0) is 43.2 Å². The van der Waals surface area contributed by atoms with Crippen LogP contribution in [0, 0.1) is 13.8 Å². The quantitative estimate of drug-likeness (QED) is 0.930. The smallest absolute Gasteiger partial charge is 0.219 e. The normalized spacial score (nSPS) is 12.1. The zero-order chi connectivity index (χ0) is 14.7. The van der Waals surface area contributed by atoms with Crippen LogP contribution in [0.4, 0.5) is 0 Å². The monoisotopic (exact) mass is 273 g/mol. The largest absolute Gasteiger partial charge is 0.496 e. The van der Waals surface area contributed by atoms with Gasteiger partial charge in [0, 0.05) is 17.3 Å². The summed E-state index contributed by atoms with van der Waals surface area (Å²) in [5, 5.41) is 10.7. The predicted octanol–water partition coefficient (Wildman–Crippen LogP) is 2.80.